The van der Waals surface area contributed by atoms with Gasteiger partial charge in [0.25, 0.3) is 5.91 Å². The Morgan fingerprint density at radius 2 is 2.05 bits per heavy atom. The Labute approximate surface area is 233 Å². The lowest BCUT2D eigenvalue weighted by atomic mass is 10.00. The number of hydrogen-bond donors (Lipinski definition) is 2. The third-order valence-corrected chi connectivity index (χ3v) is 8.45. The van der Waals surface area contributed by atoms with E-state index in [-0.39, 0.29) is 30.4 Å². The number of thiophene rings is 1. The van der Waals surface area contributed by atoms with Crippen LogP contribution in [0.15, 0.2) is 22.9 Å². The van der Waals surface area contributed by atoms with E-state index in [1.807, 2.05) is 17.2 Å². The minimum absolute atomic E-state index is 0.00439. The quantitative estimate of drug-likeness (QED) is 0.434. The Bertz CT molecular complexity index is 1110. The number of halogens is 1. The second kappa shape index (κ2) is 12.9. The van der Waals surface area contributed by atoms with Crippen LogP contribution in [0.1, 0.15) is 53.4 Å². The fraction of sp³-hybridized carbons (Fsp3) is 0.556. The molecule has 1 unspecified atom stereocenters. The second-order valence-electron chi connectivity index (χ2n) is 10.2. The first kappa shape index (κ1) is 28.3. The van der Waals surface area contributed by atoms with Crippen molar-refractivity contribution in [3.05, 3.63) is 50.4 Å². The maximum atomic E-state index is 13.3. The zero-order chi connectivity index (χ0) is 27.2. The Morgan fingerprint density at radius 3 is 2.68 bits per heavy atom. The molecule has 4 rings (SSSR count). The van der Waals surface area contributed by atoms with E-state index >= 15 is 0 Å². The molecule has 0 spiro atoms. The lowest BCUT2D eigenvalue weighted by Gasteiger charge is -2.41. The van der Waals surface area contributed by atoms with Crippen LogP contribution < -0.4 is 10.6 Å². The molecule has 0 radical (unpaired) electrons. The van der Waals surface area contributed by atoms with E-state index in [0.717, 1.165) is 43.5 Å². The molecule has 1 atom stereocenters. The van der Waals surface area contributed by atoms with Crippen LogP contribution in [0.2, 0.25) is 5.15 Å². The van der Waals surface area contributed by atoms with Gasteiger partial charge >= 0.3 is 6.03 Å². The topological polar surface area (TPSA) is 97.9 Å². The van der Waals surface area contributed by atoms with E-state index in [1.165, 1.54) is 0 Å². The number of nitrogens with one attached hydrogen (secondary N) is 2. The third kappa shape index (κ3) is 7.03. The summed E-state index contributed by atoms with van der Waals surface area (Å²) in [5, 5.41) is 10.3. The minimum atomic E-state index is -0.165. The Balaban J connectivity index is 1.28. The molecule has 2 aliphatic heterocycles. The second-order valence-corrected chi connectivity index (χ2v) is 11.4. The van der Waals surface area contributed by atoms with Gasteiger partial charge in [0.2, 0.25) is 5.91 Å². The molecule has 2 N–H and O–H groups in total. The van der Waals surface area contributed by atoms with Gasteiger partial charge in [-0.3, -0.25) is 9.59 Å². The number of carbonyl (C=O) groups is 3. The number of carbonyl (C=O) groups excluding carboxylic acids is 3. The van der Waals surface area contributed by atoms with Gasteiger partial charge in [-0.2, -0.15) is 11.3 Å². The maximum absolute atomic E-state index is 13.3. The molecule has 9 nitrogen and oxygen atoms in total. The fourth-order valence-electron chi connectivity index (χ4n) is 5.35. The van der Waals surface area contributed by atoms with Crippen molar-refractivity contribution in [2.75, 3.05) is 39.3 Å². The number of amides is 4. The Morgan fingerprint density at radius 1 is 1.29 bits per heavy atom. The van der Waals surface area contributed by atoms with Crippen molar-refractivity contribution in [1.29, 1.82) is 0 Å². The minimum Gasteiger partial charge on any atom is -0.352 e. The fourth-order valence-corrected chi connectivity index (χ4v) is 6.30. The molecule has 4 amide bonds. The first-order valence-corrected chi connectivity index (χ1v) is 14.5. The van der Waals surface area contributed by atoms with Crippen molar-refractivity contribution in [2.24, 2.45) is 0 Å². The van der Waals surface area contributed by atoms with Crippen molar-refractivity contribution in [2.45, 2.75) is 58.7 Å². The molecule has 38 heavy (non-hydrogen) atoms. The van der Waals surface area contributed by atoms with E-state index in [1.54, 1.807) is 29.2 Å². The standard InChI is InChI=1S/C27H37ClN6O3S/c1-18-14-23(28)31-20(3)25(18)26(36)29-8-4-19(2)32-10-5-22(6-11-32)34(15-21-7-13-38-17-21)24(35)16-33-12-9-30-27(33)37/h7,13-14,17,19,22H,4-6,8-12,15-16H2,1-3H3,(H,29,36)(H,30,37). The molecule has 2 aromatic rings. The molecule has 0 saturated carbocycles. The maximum Gasteiger partial charge on any atom is 0.317 e. The number of piperidine rings is 1. The predicted octanol–water partition coefficient (Wildman–Crippen LogP) is 3.44. The highest BCUT2D eigenvalue weighted by molar-refractivity contribution is 7.07. The van der Waals surface area contributed by atoms with Gasteiger partial charge in [0.05, 0.1) is 11.3 Å². The first-order valence-electron chi connectivity index (χ1n) is 13.2. The van der Waals surface area contributed by atoms with Gasteiger partial charge < -0.3 is 25.3 Å². The van der Waals surface area contributed by atoms with Crippen LogP contribution in [0.4, 0.5) is 4.79 Å². The van der Waals surface area contributed by atoms with Crippen LogP contribution in [-0.4, -0.2) is 88.9 Å². The third-order valence-electron chi connectivity index (χ3n) is 7.53. The highest BCUT2D eigenvalue weighted by Gasteiger charge is 2.32. The van der Waals surface area contributed by atoms with Gasteiger partial charge in [-0.15, -0.1) is 0 Å². The van der Waals surface area contributed by atoms with Gasteiger partial charge in [0.15, 0.2) is 0 Å². The molecule has 0 bridgehead atoms. The number of likely N-dealkylation sites (tertiary alicyclic amines) is 1. The molecule has 0 aromatic carbocycles. The Kier molecular flexibility index (Phi) is 9.62. The SMILES string of the molecule is Cc1cc(Cl)nc(C)c1C(=O)NCCC(C)N1CCC(N(Cc2ccsc2)C(=O)CN2CCNC2=O)CC1. The van der Waals surface area contributed by atoms with E-state index in [9.17, 15) is 14.4 Å². The van der Waals surface area contributed by atoms with E-state index in [2.05, 4.69) is 38.9 Å². The molecule has 2 aliphatic rings. The monoisotopic (exact) mass is 560 g/mol. The first-order chi connectivity index (χ1) is 18.2. The van der Waals surface area contributed by atoms with Crippen LogP contribution >= 0.6 is 22.9 Å². The number of nitrogens with zero attached hydrogens (tertiary/aromatic N) is 4. The number of hydrogen-bond acceptors (Lipinski definition) is 6. The number of rotatable bonds is 10. The number of aromatic nitrogens is 1. The zero-order valence-electron chi connectivity index (χ0n) is 22.3. The number of urea groups is 1. The van der Waals surface area contributed by atoms with Crippen molar-refractivity contribution < 1.29 is 14.4 Å². The number of pyridine rings is 1. The van der Waals surface area contributed by atoms with Gasteiger partial charge in [0, 0.05) is 51.4 Å². The molecule has 206 valence electrons. The zero-order valence-corrected chi connectivity index (χ0v) is 23.9. The lowest BCUT2D eigenvalue weighted by molar-refractivity contribution is -0.135. The number of aryl methyl sites for hydroxylation is 2. The van der Waals surface area contributed by atoms with E-state index < -0.39 is 0 Å². The summed E-state index contributed by atoms with van der Waals surface area (Å²) in [5.41, 5.74) is 3.17. The summed E-state index contributed by atoms with van der Waals surface area (Å²) >= 11 is 7.62. The summed E-state index contributed by atoms with van der Waals surface area (Å²) in [6, 6.07) is 4.04. The average molecular weight is 561 g/mol. The van der Waals surface area contributed by atoms with E-state index in [4.69, 9.17) is 11.6 Å². The van der Waals surface area contributed by atoms with Crippen molar-refractivity contribution in [1.82, 2.24) is 30.3 Å². The van der Waals surface area contributed by atoms with Gasteiger partial charge in [-0.1, -0.05) is 11.6 Å². The predicted molar refractivity (Wildman–Crippen MR) is 150 cm³/mol. The van der Waals surface area contributed by atoms with Crippen LogP contribution in [0.5, 0.6) is 0 Å². The molecule has 0 aliphatic carbocycles. The molecular formula is C27H37ClN6O3S. The summed E-state index contributed by atoms with van der Waals surface area (Å²) in [4.78, 5) is 48.3. The lowest BCUT2D eigenvalue weighted by Crippen LogP contribution is -2.51. The largest absolute Gasteiger partial charge is 0.352 e. The summed E-state index contributed by atoms with van der Waals surface area (Å²) in [7, 11) is 0. The van der Waals surface area contributed by atoms with Gasteiger partial charge in [-0.05, 0) is 74.1 Å². The van der Waals surface area contributed by atoms with Crippen LogP contribution in [0, 0.1) is 13.8 Å². The van der Waals surface area contributed by atoms with Crippen LogP contribution in [0.3, 0.4) is 0 Å². The molecule has 4 heterocycles. The van der Waals surface area contributed by atoms with Gasteiger partial charge in [0.1, 0.15) is 11.7 Å². The molecule has 11 heteroatoms. The highest BCUT2D eigenvalue weighted by Crippen LogP contribution is 2.23. The van der Waals surface area contributed by atoms with Crippen molar-refractivity contribution in [3.8, 4) is 0 Å². The van der Waals surface area contributed by atoms with Crippen molar-refractivity contribution in [3.63, 3.8) is 0 Å². The molecule has 2 fully saturated rings. The summed E-state index contributed by atoms with van der Waals surface area (Å²) < 4.78 is 0. The average Bonchev–Trinajstić information content (AvgIpc) is 3.53. The van der Waals surface area contributed by atoms with Crippen LogP contribution in [0.25, 0.3) is 0 Å². The normalized spacial score (nSPS) is 17.4. The smallest absolute Gasteiger partial charge is 0.317 e. The van der Waals surface area contributed by atoms with Crippen molar-refractivity contribution >= 4 is 40.8 Å². The molecule has 2 aromatic heterocycles. The Hall–Kier alpha value is -2.69. The van der Waals surface area contributed by atoms with Crippen LogP contribution in [-0.2, 0) is 11.3 Å². The summed E-state index contributed by atoms with van der Waals surface area (Å²) in [5.74, 6) is -0.117. The van der Waals surface area contributed by atoms with Gasteiger partial charge in [-0.25, -0.2) is 9.78 Å². The highest BCUT2D eigenvalue weighted by atomic mass is 35.5. The molecular weight excluding hydrogens is 524 g/mol. The summed E-state index contributed by atoms with van der Waals surface area (Å²) in [6.07, 6.45) is 2.60. The molecule has 2 saturated heterocycles. The van der Waals surface area contributed by atoms with E-state index in [0.29, 0.717) is 48.6 Å². The summed E-state index contributed by atoms with van der Waals surface area (Å²) in [6.45, 7) is 10.0.